The zero-order valence-corrected chi connectivity index (χ0v) is 10.4. The topological polar surface area (TPSA) is 70.3 Å². The zero-order chi connectivity index (χ0) is 12.3. The van der Waals surface area contributed by atoms with Gasteiger partial charge in [-0.3, -0.25) is 0 Å². The highest BCUT2D eigenvalue weighted by molar-refractivity contribution is 7.08. The van der Waals surface area contributed by atoms with E-state index in [4.69, 9.17) is 15.2 Å². The van der Waals surface area contributed by atoms with E-state index in [9.17, 15) is 0 Å². The van der Waals surface area contributed by atoms with Gasteiger partial charge >= 0.3 is 0 Å². The summed E-state index contributed by atoms with van der Waals surface area (Å²) in [4.78, 5) is 8.40. The van der Waals surface area contributed by atoms with Crippen LogP contribution in [0.25, 0.3) is 0 Å². The van der Waals surface area contributed by atoms with Crippen molar-refractivity contribution in [2.45, 2.75) is 6.04 Å². The van der Waals surface area contributed by atoms with Crippen LogP contribution in [0.2, 0.25) is 0 Å². The lowest BCUT2D eigenvalue weighted by atomic mass is 10.1. The molecule has 5 nitrogen and oxygen atoms in total. The fourth-order valence-corrected chi connectivity index (χ4v) is 2.13. The number of thiophene rings is 1. The fourth-order valence-electron chi connectivity index (χ4n) is 1.44. The van der Waals surface area contributed by atoms with Crippen molar-refractivity contribution in [3.63, 3.8) is 0 Å². The van der Waals surface area contributed by atoms with Crippen LogP contribution in [0.4, 0.5) is 0 Å². The van der Waals surface area contributed by atoms with E-state index in [0.717, 1.165) is 5.56 Å². The van der Waals surface area contributed by atoms with Crippen LogP contribution in [0, 0.1) is 0 Å². The van der Waals surface area contributed by atoms with Crippen molar-refractivity contribution in [1.82, 2.24) is 9.97 Å². The van der Waals surface area contributed by atoms with Gasteiger partial charge in [0.1, 0.15) is 5.69 Å². The SMILES string of the molecule is COc1cnc(C(N)c2ccsc2)c(OC)n1. The maximum atomic E-state index is 6.11. The molecule has 2 N–H and O–H groups in total. The quantitative estimate of drug-likeness (QED) is 0.893. The molecular formula is C11H13N3O2S. The van der Waals surface area contributed by atoms with E-state index in [0.29, 0.717) is 17.5 Å². The molecule has 0 amide bonds. The second-order valence-corrected chi connectivity index (χ2v) is 4.12. The molecule has 17 heavy (non-hydrogen) atoms. The van der Waals surface area contributed by atoms with Gasteiger partial charge in [0.25, 0.3) is 0 Å². The summed E-state index contributed by atoms with van der Waals surface area (Å²) >= 11 is 1.59. The molecule has 2 aromatic heterocycles. The van der Waals surface area contributed by atoms with Crippen LogP contribution >= 0.6 is 11.3 Å². The van der Waals surface area contributed by atoms with Crippen molar-refractivity contribution in [2.75, 3.05) is 14.2 Å². The van der Waals surface area contributed by atoms with Gasteiger partial charge in [-0.15, -0.1) is 0 Å². The van der Waals surface area contributed by atoms with Gasteiger partial charge in [0.2, 0.25) is 11.8 Å². The number of nitrogens with two attached hydrogens (primary N) is 1. The molecule has 2 rings (SSSR count). The Hall–Kier alpha value is -1.66. The Labute approximate surface area is 103 Å². The van der Waals surface area contributed by atoms with Crippen molar-refractivity contribution >= 4 is 11.3 Å². The summed E-state index contributed by atoms with van der Waals surface area (Å²) in [7, 11) is 3.06. The Kier molecular flexibility index (Phi) is 3.55. The predicted octanol–water partition coefficient (Wildman–Crippen LogP) is 1.60. The minimum atomic E-state index is -0.338. The summed E-state index contributed by atoms with van der Waals surface area (Å²) in [5.41, 5.74) is 7.71. The highest BCUT2D eigenvalue weighted by Crippen LogP contribution is 2.27. The van der Waals surface area contributed by atoms with Crippen LogP contribution in [-0.2, 0) is 0 Å². The molecular weight excluding hydrogens is 238 g/mol. The van der Waals surface area contributed by atoms with Gasteiger partial charge in [-0.05, 0) is 22.4 Å². The maximum absolute atomic E-state index is 6.11. The second kappa shape index (κ2) is 5.11. The standard InChI is InChI=1S/C11H13N3O2S/c1-15-8-5-13-10(11(14-8)16-2)9(12)7-3-4-17-6-7/h3-6,9H,12H2,1-2H3. The van der Waals surface area contributed by atoms with E-state index in [1.807, 2.05) is 16.8 Å². The molecule has 0 aliphatic rings. The Morgan fingerprint density at radius 2 is 2.18 bits per heavy atom. The third kappa shape index (κ3) is 2.37. The number of methoxy groups -OCH3 is 2. The molecule has 90 valence electrons. The lowest BCUT2D eigenvalue weighted by molar-refractivity contribution is 0.355. The summed E-state index contributed by atoms with van der Waals surface area (Å²) < 4.78 is 10.2. The minimum absolute atomic E-state index is 0.338. The van der Waals surface area contributed by atoms with E-state index in [1.165, 1.54) is 20.4 Å². The summed E-state index contributed by atoms with van der Waals surface area (Å²) in [6, 6.07) is 1.62. The Bertz CT molecular complexity index is 487. The first-order valence-electron chi connectivity index (χ1n) is 4.99. The van der Waals surface area contributed by atoms with Crippen LogP contribution in [-0.4, -0.2) is 24.2 Å². The molecule has 2 aromatic rings. The van der Waals surface area contributed by atoms with E-state index in [1.54, 1.807) is 11.3 Å². The average molecular weight is 251 g/mol. The molecule has 0 aliphatic carbocycles. The second-order valence-electron chi connectivity index (χ2n) is 3.34. The third-order valence-electron chi connectivity index (χ3n) is 2.34. The van der Waals surface area contributed by atoms with E-state index in [-0.39, 0.29) is 6.04 Å². The van der Waals surface area contributed by atoms with Gasteiger partial charge in [-0.25, -0.2) is 4.98 Å². The Morgan fingerprint density at radius 1 is 1.35 bits per heavy atom. The van der Waals surface area contributed by atoms with Gasteiger partial charge in [0.15, 0.2) is 0 Å². The summed E-state index contributed by atoms with van der Waals surface area (Å²) in [6.07, 6.45) is 1.53. The number of rotatable bonds is 4. The first-order valence-corrected chi connectivity index (χ1v) is 5.93. The Morgan fingerprint density at radius 3 is 2.76 bits per heavy atom. The highest BCUT2D eigenvalue weighted by Gasteiger charge is 2.18. The normalized spacial score (nSPS) is 12.2. The van der Waals surface area contributed by atoms with Crippen molar-refractivity contribution < 1.29 is 9.47 Å². The monoisotopic (exact) mass is 251 g/mol. The van der Waals surface area contributed by atoms with Crippen LogP contribution in [0.3, 0.4) is 0 Å². The van der Waals surface area contributed by atoms with Crippen LogP contribution in [0.5, 0.6) is 11.8 Å². The average Bonchev–Trinajstić information content (AvgIpc) is 2.91. The number of hydrogen-bond donors (Lipinski definition) is 1. The number of aromatic nitrogens is 2. The molecule has 0 fully saturated rings. The van der Waals surface area contributed by atoms with Crippen molar-refractivity contribution in [2.24, 2.45) is 5.73 Å². The number of nitrogens with zero attached hydrogens (tertiary/aromatic N) is 2. The molecule has 0 bridgehead atoms. The van der Waals surface area contributed by atoms with E-state index < -0.39 is 0 Å². The zero-order valence-electron chi connectivity index (χ0n) is 9.58. The lowest BCUT2D eigenvalue weighted by Crippen LogP contribution is -2.15. The summed E-state index contributed by atoms with van der Waals surface area (Å²) in [5.74, 6) is 0.797. The molecule has 6 heteroatoms. The summed E-state index contributed by atoms with van der Waals surface area (Å²) in [5, 5.41) is 3.95. The van der Waals surface area contributed by atoms with Gasteiger partial charge in [-0.1, -0.05) is 0 Å². The van der Waals surface area contributed by atoms with Crippen molar-refractivity contribution in [3.05, 3.63) is 34.3 Å². The van der Waals surface area contributed by atoms with Crippen molar-refractivity contribution in [3.8, 4) is 11.8 Å². The van der Waals surface area contributed by atoms with Gasteiger partial charge in [0.05, 0.1) is 26.5 Å². The minimum Gasteiger partial charge on any atom is -0.480 e. The van der Waals surface area contributed by atoms with E-state index in [2.05, 4.69) is 9.97 Å². The fraction of sp³-hybridized carbons (Fsp3) is 0.273. The summed E-state index contributed by atoms with van der Waals surface area (Å²) in [6.45, 7) is 0. The first kappa shape index (κ1) is 11.8. The molecule has 0 aliphatic heterocycles. The smallest absolute Gasteiger partial charge is 0.240 e. The molecule has 2 heterocycles. The molecule has 1 atom stereocenters. The maximum Gasteiger partial charge on any atom is 0.240 e. The lowest BCUT2D eigenvalue weighted by Gasteiger charge is -2.13. The first-order chi connectivity index (χ1) is 8.26. The molecule has 0 saturated heterocycles. The van der Waals surface area contributed by atoms with Crippen molar-refractivity contribution in [1.29, 1.82) is 0 Å². The number of ether oxygens (including phenoxy) is 2. The van der Waals surface area contributed by atoms with Crippen LogP contribution in [0.15, 0.2) is 23.0 Å². The predicted molar refractivity (Wildman–Crippen MR) is 65.5 cm³/mol. The molecule has 0 spiro atoms. The van der Waals surface area contributed by atoms with Crippen LogP contribution < -0.4 is 15.2 Å². The molecule has 0 saturated carbocycles. The third-order valence-corrected chi connectivity index (χ3v) is 3.05. The number of hydrogen-bond acceptors (Lipinski definition) is 6. The highest BCUT2D eigenvalue weighted by atomic mass is 32.1. The Balaban J connectivity index is 2.38. The van der Waals surface area contributed by atoms with Gasteiger partial charge in [-0.2, -0.15) is 16.3 Å². The van der Waals surface area contributed by atoms with Gasteiger partial charge in [0, 0.05) is 0 Å². The van der Waals surface area contributed by atoms with E-state index >= 15 is 0 Å². The molecule has 0 radical (unpaired) electrons. The van der Waals surface area contributed by atoms with Gasteiger partial charge < -0.3 is 15.2 Å². The largest absolute Gasteiger partial charge is 0.480 e. The molecule has 1 unspecified atom stereocenters. The van der Waals surface area contributed by atoms with Crippen LogP contribution in [0.1, 0.15) is 17.3 Å². The molecule has 0 aromatic carbocycles.